The molecule has 0 radical (unpaired) electrons. The molecule has 3 rings (SSSR count). The Morgan fingerprint density at radius 3 is 2.32 bits per heavy atom. The number of carbonyl (C=O) groups is 1. The number of hydrogen-bond donors (Lipinski definition) is 0. The third kappa shape index (κ3) is 3.94. The number of hydrogen-bond acceptors (Lipinski definition) is 3. The first-order chi connectivity index (χ1) is 12.8. The number of piperidine rings is 1. The molecule has 8 heteroatoms. The van der Waals surface area contributed by atoms with Crippen LogP contribution in [-0.2, 0) is 15.5 Å². The Bertz CT molecular complexity index is 748. The summed E-state index contributed by atoms with van der Waals surface area (Å²) < 4.78 is 52.6. The maximum atomic E-state index is 13.6. The van der Waals surface area contributed by atoms with Gasteiger partial charge in [-0.05, 0) is 64.1 Å². The Balaban J connectivity index is 1.98. The molecular weight excluding hydrogens is 370 g/mol. The van der Waals surface area contributed by atoms with Gasteiger partial charge < -0.3 is 14.2 Å². The summed E-state index contributed by atoms with van der Waals surface area (Å²) in [6.07, 6.45) is -2.84. The Morgan fingerprint density at radius 2 is 1.79 bits per heavy atom. The van der Waals surface area contributed by atoms with Crippen LogP contribution in [0, 0.1) is 5.92 Å². The van der Waals surface area contributed by atoms with Crippen molar-refractivity contribution in [3.05, 3.63) is 29.3 Å². The van der Waals surface area contributed by atoms with E-state index in [-0.39, 0.29) is 11.5 Å². The summed E-state index contributed by atoms with van der Waals surface area (Å²) in [7, 11) is -0.820. The fourth-order valence-electron chi connectivity index (χ4n) is 3.66. The second-order valence-corrected chi connectivity index (χ2v) is 8.89. The molecule has 0 aliphatic carbocycles. The maximum Gasteiger partial charge on any atom is 0.494 e. The summed E-state index contributed by atoms with van der Waals surface area (Å²) in [5, 5.41) is 0. The van der Waals surface area contributed by atoms with Crippen molar-refractivity contribution in [1.82, 2.24) is 4.90 Å². The smallest absolute Gasteiger partial charge is 0.399 e. The molecule has 2 aliphatic rings. The van der Waals surface area contributed by atoms with E-state index in [0.29, 0.717) is 18.6 Å². The SMILES string of the molecule is CC1CCCN(C(=O)c2cc(B3OC(C)(C)C(C)(C)O3)ccc2C(F)(F)F)C1. The number of alkyl halides is 3. The molecular formula is C20H27BF3NO3. The van der Waals surface area contributed by atoms with Gasteiger partial charge in [0.15, 0.2) is 0 Å². The van der Waals surface area contributed by atoms with Gasteiger partial charge in [0, 0.05) is 13.1 Å². The zero-order valence-corrected chi connectivity index (χ0v) is 17.0. The highest BCUT2D eigenvalue weighted by Gasteiger charge is 2.52. The van der Waals surface area contributed by atoms with E-state index < -0.39 is 36.0 Å². The summed E-state index contributed by atoms with van der Waals surface area (Å²) >= 11 is 0. The third-order valence-electron chi connectivity index (χ3n) is 6.05. The maximum absolute atomic E-state index is 13.6. The van der Waals surface area contributed by atoms with Crippen molar-refractivity contribution in [2.24, 2.45) is 5.92 Å². The lowest BCUT2D eigenvalue weighted by Crippen LogP contribution is -2.41. The average molecular weight is 397 g/mol. The van der Waals surface area contributed by atoms with Crippen LogP contribution < -0.4 is 5.46 Å². The molecule has 2 heterocycles. The minimum Gasteiger partial charge on any atom is -0.399 e. The highest BCUT2D eigenvalue weighted by Crippen LogP contribution is 2.37. The van der Waals surface area contributed by atoms with Crippen molar-refractivity contribution < 1.29 is 27.3 Å². The predicted molar refractivity (Wildman–Crippen MR) is 101 cm³/mol. The van der Waals surface area contributed by atoms with Crippen molar-refractivity contribution in [2.45, 2.75) is 64.8 Å². The molecule has 1 aromatic carbocycles. The molecule has 1 aromatic rings. The quantitative estimate of drug-likeness (QED) is 0.712. The van der Waals surface area contributed by atoms with Crippen LogP contribution in [0.4, 0.5) is 13.2 Å². The highest BCUT2D eigenvalue weighted by atomic mass is 19.4. The van der Waals surface area contributed by atoms with Crippen LogP contribution in [0.15, 0.2) is 18.2 Å². The van der Waals surface area contributed by atoms with Gasteiger partial charge in [-0.15, -0.1) is 0 Å². The number of amides is 1. The summed E-state index contributed by atoms with van der Waals surface area (Å²) in [5.74, 6) is -0.310. The minimum atomic E-state index is -4.61. The largest absolute Gasteiger partial charge is 0.494 e. The second-order valence-electron chi connectivity index (χ2n) is 8.89. The van der Waals surface area contributed by atoms with Gasteiger partial charge in [-0.1, -0.05) is 13.0 Å². The van der Waals surface area contributed by atoms with Crippen molar-refractivity contribution in [1.29, 1.82) is 0 Å². The number of rotatable bonds is 2. The van der Waals surface area contributed by atoms with Crippen LogP contribution >= 0.6 is 0 Å². The standard InChI is InChI=1S/C20H27BF3NO3/c1-13-7-6-10-25(12-13)17(26)15-11-14(8-9-16(15)20(22,23)24)21-27-18(2,3)19(4,5)28-21/h8-9,11,13H,6-7,10,12H2,1-5H3. The lowest BCUT2D eigenvalue weighted by molar-refractivity contribution is -0.138. The fraction of sp³-hybridized carbons (Fsp3) is 0.650. The van der Waals surface area contributed by atoms with Crippen molar-refractivity contribution >= 4 is 18.5 Å². The monoisotopic (exact) mass is 397 g/mol. The van der Waals surface area contributed by atoms with Gasteiger partial charge in [-0.2, -0.15) is 13.2 Å². The second kappa shape index (κ2) is 7.06. The third-order valence-corrected chi connectivity index (χ3v) is 6.05. The zero-order chi connectivity index (χ0) is 20.9. The number of carbonyl (C=O) groups excluding carboxylic acids is 1. The highest BCUT2D eigenvalue weighted by molar-refractivity contribution is 6.62. The van der Waals surface area contributed by atoms with E-state index in [1.165, 1.54) is 17.0 Å². The number of nitrogens with zero attached hydrogens (tertiary/aromatic N) is 1. The Kier molecular flexibility index (Phi) is 5.34. The molecule has 1 amide bonds. The summed E-state index contributed by atoms with van der Waals surface area (Å²) in [6, 6.07) is 3.58. The fourth-order valence-corrected chi connectivity index (χ4v) is 3.66. The molecule has 0 N–H and O–H groups in total. The molecule has 0 spiro atoms. The zero-order valence-electron chi connectivity index (χ0n) is 17.0. The first kappa shape index (κ1) is 21.2. The summed E-state index contributed by atoms with van der Waals surface area (Å²) in [4.78, 5) is 14.5. The van der Waals surface area contributed by atoms with E-state index in [1.807, 2.05) is 34.6 Å². The van der Waals surface area contributed by atoms with Gasteiger partial charge in [-0.25, -0.2) is 0 Å². The van der Waals surface area contributed by atoms with Crippen LogP contribution in [0.1, 0.15) is 63.4 Å². The molecule has 1 atom stereocenters. The lowest BCUT2D eigenvalue weighted by atomic mass is 9.77. The van der Waals surface area contributed by atoms with Gasteiger partial charge in [0.1, 0.15) is 0 Å². The number of halogens is 3. The van der Waals surface area contributed by atoms with Gasteiger partial charge >= 0.3 is 13.3 Å². The Labute approximate surface area is 164 Å². The van der Waals surface area contributed by atoms with Crippen molar-refractivity contribution in [3.63, 3.8) is 0 Å². The van der Waals surface area contributed by atoms with Gasteiger partial charge in [0.05, 0.1) is 22.3 Å². The summed E-state index contributed by atoms with van der Waals surface area (Å²) in [5.41, 5.74) is -2.08. The molecule has 2 saturated heterocycles. The Morgan fingerprint density at radius 1 is 1.18 bits per heavy atom. The Hall–Kier alpha value is -1.54. The van der Waals surface area contributed by atoms with Crippen molar-refractivity contribution in [3.8, 4) is 0 Å². The van der Waals surface area contributed by atoms with Crippen LogP contribution in [0.3, 0.4) is 0 Å². The van der Waals surface area contributed by atoms with E-state index in [0.717, 1.165) is 18.9 Å². The minimum absolute atomic E-state index is 0.276. The van der Waals surface area contributed by atoms with Crippen LogP contribution in [0.25, 0.3) is 0 Å². The normalized spacial score (nSPS) is 24.5. The molecule has 2 fully saturated rings. The van der Waals surface area contributed by atoms with Gasteiger partial charge in [-0.3, -0.25) is 4.79 Å². The van der Waals surface area contributed by atoms with Gasteiger partial charge in [0.25, 0.3) is 5.91 Å². The van der Waals surface area contributed by atoms with E-state index in [1.54, 1.807) is 0 Å². The van der Waals surface area contributed by atoms with Crippen LogP contribution in [0.2, 0.25) is 0 Å². The molecule has 1 unspecified atom stereocenters. The first-order valence-electron chi connectivity index (χ1n) is 9.68. The summed E-state index contributed by atoms with van der Waals surface area (Å²) in [6.45, 7) is 10.4. The van der Waals surface area contributed by atoms with E-state index >= 15 is 0 Å². The molecule has 0 saturated carbocycles. The molecule has 2 aliphatic heterocycles. The molecule has 0 aromatic heterocycles. The van der Waals surface area contributed by atoms with Crippen LogP contribution in [0.5, 0.6) is 0 Å². The van der Waals surface area contributed by atoms with E-state index in [2.05, 4.69) is 0 Å². The predicted octanol–water partition coefficient (Wildman–Crippen LogP) is 3.88. The number of benzene rings is 1. The molecule has 28 heavy (non-hydrogen) atoms. The number of likely N-dealkylation sites (tertiary alicyclic amines) is 1. The molecule has 154 valence electrons. The van der Waals surface area contributed by atoms with Crippen LogP contribution in [-0.4, -0.2) is 42.2 Å². The first-order valence-corrected chi connectivity index (χ1v) is 9.68. The lowest BCUT2D eigenvalue weighted by Gasteiger charge is -2.32. The molecule has 4 nitrogen and oxygen atoms in total. The van der Waals surface area contributed by atoms with E-state index in [9.17, 15) is 18.0 Å². The topological polar surface area (TPSA) is 38.8 Å². The van der Waals surface area contributed by atoms with Gasteiger partial charge in [0.2, 0.25) is 0 Å². The van der Waals surface area contributed by atoms with E-state index in [4.69, 9.17) is 9.31 Å². The average Bonchev–Trinajstić information content (AvgIpc) is 2.80. The van der Waals surface area contributed by atoms with Crippen molar-refractivity contribution in [2.75, 3.05) is 13.1 Å². The molecule has 0 bridgehead atoms.